The molecule has 2 aliphatic rings. The van der Waals surface area contributed by atoms with E-state index < -0.39 is 52.4 Å². The Hall–Kier alpha value is -5.49. The third-order valence-electron chi connectivity index (χ3n) is 7.77. The van der Waals surface area contributed by atoms with E-state index in [1.165, 1.54) is 24.3 Å². The predicted octanol–water partition coefficient (Wildman–Crippen LogP) is 5.43. The van der Waals surface area contributed by atoms with Crippen LogP contribution in [0.1, 0.15) is 78.9 Å². The molecular weight excluding hydrogens is 610 g/mol. The third-order valence-corrected chi connectivity index (χ3v) is 7.77. The van der Waals surface area contributed by atoms with Gasteiger partial charge in [-0.1, -0.05) is 20.8 Å². The van der Waals surface area contributed by atoms with Gasteiger partial charge in [-0.3, -0.25) is 4.79 Å². The molecule has 244 valence electrons. The summed E-state index contributed by atoms with van der Waals surface area (Å²) in [4.78, 5) is 44.6. The number of ether oxygens (including phenoxy) is 4. The predicted molar refractivity (Wildman–Crippen MR) is 165 cm³/mol. The SMILES string of the molecule is CC(C)(C)C(=O)Oc1ccc2c(c1)Oc1cc(OC(O)C(C)(C)C)ccc1C21OC(=O)c2ccc(C(=O)On3c(O)ccc3O)cc21. The maximum absolute atomic E-state index is 13.5. The van der Waals surface area contributed by atoms with Gasteiger partial charge in [0, 0.05) is 46.4 Å². The summed E-state index contributed by atoms with van der Waals surface area (Å²) < 4.78 is 24.5. The van der Waals surface area contributed by atoms with E-state index in [0.29, 0.717) is 15.9 Å². The minimum absolute atomic E-state index is 0.0208. The molecule has 3 N–H and O–H groups in total. The van der Waals surface area contributed by atoms with Crippen LogP contribution in [0.5, 0.6) is 34.8 Å². The summed E-state index contributed by atoms with van der Waals surface area (Å²) in [6.45, 7) is 10.6. The molecule has 0 fully saturated rings. The van der Waals surface area contributed by atoms with Gasteiger partial charge in [-0.25, -0.2) is 9.59 Å². The number of carbonyl (C=O) groups excluding carboxylic acids is 3. The van der Waals surface area contributed by atoms with Crippen molar-refractivity contribution in [3.63, 3.8) is 0 Å². The smallest absolute Gasteiger partial charge is 0.363 e. The average Bonchev–Trinajstić information content (AvgIpc) is 3.46. The van der Waals surface area contributed by atoms with Crippen LogP contribution in [-0.2, 0) is 15.1 Å². The highest BCUT2D eigenvalue weighted by Gasteiger charge is 2.54. The minimum atomic E-state index is -1.64. The lowest BCUT2D eigenvalue weighted by Crippen LogP contribution is -2.34. The molecule has 0 saturated heterocycles. The lowest BCUT2D eigenvalue weighted by molar-refractivity contribution is -0.143. The fraction of sp³-hybridized carbons (Fsp3) is 0.286. The highest BCUT2D eigenvalue weighted by Crippen LogP contribution is 2.57. The van der Waals surface area contributed by atoms with Gasteiger partial charge in [-0.2, -0.15) is 0 Å². The van der Waals surface area contributed by atoms with Gasteiger partial charge in [0.2, 0.25) is 18.1 Å². The van der Waals surface area contributed by atoms with E-state index >= 15 is 0 Å². The summed E-state index contributed by atoms with van der Waals surface area (Å²) in [5.41, 5.74) is -1.84. The first-order valence-electron chi connectivity index (χ1n) is 14.7. The number of aromatic hydroxyl groups is 2. The van der Waals surface area contributed by atoms with E-state index in [0.717, 1.165) is 12.1 Å². The van der Waals surface area contributed by atoms with Crippen molar-refractivity contribution in [2.45, 2.75) is 53.4 Å². The molecule has 12 nitrogen and oxygen atoms in total. The van der Waals surface area contributed by atoms with Crippen molar-refractivity contribution in [3.8, 4) is 34.8 Å². The monoisotopic (exact) mass is 643 g/mol. The van der Waals surface area contributed by atoms with E-state index in [9.17, 15) is 29.7 Å². The zero-order valence-corrected chi connectivity index (χ0v) is 26.5. The average molecular weight is 644 g/mol. The number of hydrogen-bond acceptors (Lipinski definition) is 11. The van der Waals surface area contributed by atoms with Crippen LogP contribution in [0.2, 0.25) is 0 Å². The molecule has 1 aromatic heterocycles. The zero-order valence-electron chi connectivity index (χ0n) is 26.5. The van der Waals surface area contributed by atoms with Crippen molar-refractivity contribution in [3.05, 3.63) is 94.5 Å². The Morgan fingerprint density at radius 2 is 1.40 bits per heavy atom. The topological polar surface area (TPSA) is 163 Å². The van der Waals surface area contributed by atoms with Crippen molar-refractivity contribution < 1.29 is 53.5 Å². The van der Waals surface area contributed by atoms with Crippen LogP contribution in [0, 0.1) is 10.8 Å². The first kappa shape index (κ1) is 31.5. The van der Waals surface area contributed by atoms with Gasteiger partial charge in [0.25, 0.3) is 0 Å². The Labute approximate surface area is 269 Å². The summed E-state index contributed by atoms with van der Waals surface area (Å²) >= 11 is 0. The molecule has 3 aromatic carbocycles. The van der Waals surface area contributed by atoms with Gasteiger partial charge in [-0.05, 0) is 63.2 Å². The molecular formula is C35H33NO11. The van der Waals surface area contributed by atoms with Crippen LogP contribution in [0.4, 0.5) is 0 Å². The highest BCUT2D eigenvalue weighted by atomic mass is 16.7. The molecule has 2 atom stereocenters. The Kier molecular flexibility index (Phi) is 7.24. The van der Waals surface area contributed by atoms with Gasteiger partial charge in [-0.15, -0.1) is 4.73 Å². The number of hydrogen-bond donors (Lipinski definition) is 3. The molecule has 0 amide bonds. The number of aliphatic hydroxyl groups is 1. The molecule has 1 spiro atoms. The first-order valence-corrected chi connectivity index (χ1v) is 14.7. The van der Waals surface area contributed by atoms with E-state index in [1.54, 1.807) is 51.1 Å². The molecule has 0 radical (unpaired) electrons. The van der Waals surface area contributed by atoms with E-state index in [1.807, 2.05) is 20.8 Å². The quantitative estimate of drug-likeness (QED) is 0.144. The maximum Gasteiger partial charge on any atom is 0.363 e. The normalized spacial score (nSPS) is 17.1. The molecule has 47 heavy (non-hydrogen) atoms. The Morgan fingerprint density at radius 3 is 2.00 bits per heavy atom. The largest absolute Gasteiger partial charge is 0.492 e. The Balaban J connectivity index is 1.50. The molecule has 4 aromatic rings. The van der Waals surface area contributed by atoms with E-state index in [2.05, 4.69) is 0 Å². The number of benzene rings is 3. The molecule has 6 rings (SSSR count). The van der Waals surface area contributed by atoms with Gasteiger partial charge in [0.15, 0.2) is 5.60 Å². The fourth-order valence-electron chi connectivity index (χ4n) is 5.14. The maximum atomic E-state index is 13.5. The summed E-state index contributed by atoms with van der Waals surface area (Å²) in [5, 5.41) is 30.5. The molecule has 12 heteroatoms. The second kappa shape index (κ2) is 10.8. The second-order valence-corrected chi connectivity index (χ2v) is 13.4. The number of carbonyl (C=O) groups is 3. The van der Waals surface area contributed by atoms with Crippen molar-refractivity contribution in [1.82, 2.24) is 4.73 Å². The van der Waals surface area contributed by atoms with E-state index in [-0.39, 0.29) is 39.7 Å². The van der Waals surface area contributed by atoms with Crippen LogP contribution < -0.4 is 19.0 Å². The van der Waals surface area contributed by atoms with Gasteiger partial charge in [0.05, 0.1) is 16.5 Å². The molecule has 0 saturated carbocycles. The summed E-state index contributed by atoms with van der Waals surface area (Å²) in [6.07, 6.45) is -1.16. The van der Waals surface area contributed by atoms with E-state index in [4.69, 9.17) is 23.8 Å². The van der Waals surface area contributed by atoms with Gasteiger partial charge < -0.3 is 39.1 Å². The van der Waals surface area contributed by atoms with Crippen molar-refractivity contribution in [2.75, 3.05) is 0 Å². The number of aromatic nitrogens is 1. The summed E-state index contributed by atoms with van der Waals surface area (Å²) in [7, 11) is 0. The number of nitrogens with zero attached hydrogens (tertiary/aromatic N) is 1. The standard InChI is InChI=1S/C35H33NO11/c1-33(2,3)31(41)43-19-8-11-22-25(16-19)45-26-17-20(44-32(42)34(4,5)6)9-12-23(26)35(22)24-15-18(7-10-21(24)30(40)46-35)29(39)47-36-27(37)13-14-28(36)38/h7-17,31,37-38,41H,1-6H3. The first-order chi connectivity index (χ1) is 22.0. The Bertz CT molecular complexity index is 1930. The fourth-order valence-corrected chi connectivity index (χ4v) is 5.14. The molecule has 0 aliphatic carbocycles. The van der Waals surface area contributed by atoms with Crippen LogP contribution in [0.3, 0.4) is 0 Å². The molecule has 3 heterocycles. The molecule has 2 aliphatic heterocycles. The highest BCUT2D eigenvalue weighted by molar-refractivity contribution is 5.99. The number of fused-ring (bicyclic) bond motifs is 6. The second-order valence-electron chi connectivity index (χ2n) is 13.4. The van der Waals surface area contributed by atoms with Crippen molar-refractivity contribution in [1.29, 1.82) is 0 Å². The van der Waals surface area contributed by atoms with Gasteiger partial charge in [0.1, 0.15) is 23.0 Å². The third kappa shape index (κ3) is 5.40. The van der Waals surface area contributed by atoms with Crippen LogP contribution in [0.15, 0.2) is 66.7 Å². The number of aliphatic hydroxyl groups excluding tert-OH is 1. The molecule has 0 bridgehead atoms. The molecule has 2 unspecified atom stereocenters. The lowest BCUT2D eigenvalue weighted by Gasteiger charge is -2.37. The van der Waals surface area contributed by atoms with Crippen molar-refractivity contribution >= 4 is 17.9 Å². The van der Waals surface area contributed by atoms with Crippen LogP contribution in [0.25, 0.3) is 0 Å². The van der Waals surface area contributed by atoms with Crippen molar-refractivity contribution in [2.24, 2.45) is 10.8 Å². The summed E-state index contributed by atoms with van der Waals surface area (Å²) in [6, 6.07) is 16.0. The zero-order chi connectivity index (χ0) is 34.1. The minimum Gasteiger partial charge on any atom is -0.492 e. The lowest BCUT2D eigenvalue weighted by atomic mass is 9.77. The van der Waals surface area contributed by atoms with Crippen LogP contribution >= 0.6 is 0 Å². The number of rotatable bonds is 5. The van der Waals surface area contributed by atoms with Gasteiger partial charge >= 0.3 is 17.9 Å². The Morgan fingerprint density at radius 1 is 0.809 bits per heavy atom. The summed E-state index contributed by atoms with van der Waals surface area (Å²) in [5.74, 6) is -2.23. The number of esters is 2. The van der Waals surface area contributed by atoms with Crippen LogP contribution in [-0.4, -0.2) is 44.2 Å².